The Balaban J connectivity index is 1.34. The number of hydrogen-bond donors (Lipinski definition) is 2. The van der Waals surface area contributed by atoms with Crippen molar-refractivity contribution in [2.24, 2.45) is 11.8 Å². The van der Waals surface area contributed by atoms with Crippen molar-refractivity contribution in [3.05, 3.63) is 77.1 Å². The van der Waals surface area contributed by atoms with Crippen LogP contribution >= 0.6 is 0 Å². The van der Waals surface area contributed by atoms with Crippen molar-refractivity contribution in [1.82, 2.24) is 14.9 Å². The van der Waals surface area contributed by atoms with Crippen LogP contribution < -0.4 is 15.5 Å². The molecule has 0 bridgehead atoms. The molecule has 2 aliphatic heterocycles. The zero-order chi connectivity index (χ0) is 30.7. The summed E-state index contributed by atoms with van der Waals surface area (Å²) in [6.07, 6.45) is -0.568. The molecule has 2 aliphatic rings. The fourth-order valence-corrected chi connectivity index (χ4v) is 5.81. The average molecular weight is 606 g/mol. The zero-order valence-electron chi connectivity index (χ0n) is 23.5. The SMILES string of the molecule is CCOC(=O)C1CCN(c2cc(C(F)(F)F)ccc2Cn2ccnc2NC(=O)[C@@H]2CNC[C@H]2c2ccc(F)cc2F)CC1. The first-order valence-corrected chi connectivity index (χ1v) is 14.1. The number of anilines is 2. The highest BCUT2D eigenvalue weighted by atomic mass is 19.4. The molecule has 0 saturated carbocycles. The standard InChI is InChI=1S/C30H32F5N5O3/c1-2-43-28(42)18-7-10-39(11-8-18)26-13-20(30(33,34)35)4-3-19(26)17-40-12-9-37-29(40)38-27(41)24-16-36-15-23(24)22-6-5-21(31)14-25(22)32/h3-6,9,12-14,18,23-24,36H,2,7-8,10-11,15-17H2,1H3,(H,37,38,41)/t23-,24+/m0/s1. The van der Waals surface area contributed by atoms with Crippen LogP contribution in [0.4, 0.5) is 33.6 Å². The van der Waals surface area contributed by atoms with Gasteiger partial charge in [0.2, 0.25) is 11.9 Å². The summed E-state index contributed by atoms with van der Waals surface area (Å²) in [4.78, 5) is 31.6. The van der Waals surface area contributed by atoms with Gasteiger partial charge in [-0.1, -0.05) is 12.1 Å². The van der Waals surface area contributed by atoms with E-state index in [4.69, 9.17) is 4.74 Å². The Labute approximate surface area is 245 Å². The number of nitrogens with zero attached hydrogens (tertiary/aromatic N) is 3. The van der Waals surface area contributed by atoms with Gasteiger partial charge in [0.05, 0.1) is 30.6 Å². The summed E-state index contributed by atoms with van der Waals surface area (Å²) in [6.45, 7) is 3.46. The highest BCUT2D eigenvalue weighted by molar-refractivity contribution is 5.92. The molecule has 43 heavy (non-hydrogen) atoms. The topological polar surface area (TPSA) is 88.5 Å². The van der Waals surface area contributed by atoms with Crippen LogP contribution in [-0.4, -0.2) is 54.2 Å². The molecule has 1 amide bonds. The number of aromatic nitrogens is 2. The molecule has 8 nitrogen and oxygen atoms in total. The lowest BCUT2D eigenvalue weighted by atomic mass is 9.88. The predicted octanol–water partition coefficient (Wildman–Crippen LogP) is 4.95. The molecule has 0 aliphatic carbocycles. The number of hydrogen-bond acceptors (Lipinski definition) is 6. The van der Waals surface area contributed by atoms with E-state index in [1.807, 2.05) is 4.90 Å². The second kappa shape index (κ2) is 12.7. The number of nitrogens with one attached hydrogen (secondary N) is 2. The molecule has 2 atom stereocenters. The third kappa shape index (κ3) is 6.82. The van der Waals surface area contributed by atoms with Crippen molar-refractivity contribution in [1.29, 1.82) is 0 Å². The lowest BCUT2D eigenvalue weighted by Crippen LogP contribution is -2.37. The average Bonchev–Trinajstić information content (AvgIpc) is 3.63. The highest BCUT2D eigenvalue weighted by Gasteiger charge is 2.36. The van der Waals surface area contributed by atoms with Gasteiger partial charge in [0.25, 0.3) is 0 Å². The molecule has 230 valence electrons. The molecule has 13 heteroatoms. The van der Waals surface area contributed by atoms with Gasteiger partial charge in [-0.3, -0.25) is 14.9 Å². The summed E-state index contributed by atoms with van der Waals surface area (Å²) < 4.78 is 75.7. The van der Waals surface area contributed by atoms with Crippen LogP contribution in [0, 0.1) is 23.5 Å². The van der Waals surface area contributed by atoms with E-state index < -0.39 is 41.1 Å². The summed E-state index contributed by atoms with van der Waals surface area (Å²) in [5, 5.41) is 5.86. The van der Waals surface area contributed by atoms with Crippen molar-refractivity contribution in [2.45, 2.75) is 38.4 Å². The number of ether oxygens (including phenoxy) is 1. The summed E-state index contributed by atoms with van der Waals surface area (Å²) in [5.74, 6) is -3.46. The summed E-state index contributed by atoms with van der Waals surface area (Å²) in [7, 11) is 0. The molecule has 5 rings (SSSR count). The van der Waals surface area contributed by atoms with Crippen molar-refractivity contribution < 1.29 is 36.3 Å². The van der Waals surface area contributed by atoms with E-state index in [2.05, 4.69) is 15.6 Å². The van der Waals surface area contributed by atoms with E-state index in [1.54, 1.807) is 17.7 Å². The van der Waals surface area contributed by atoms with Crippen molar-refractivity contribution in [3.63, 3.8) is 0 Å². The minimum absolute atomic E-state index is 0.111. The van der Waals surface area contributed by atoms with Crippen LogP contribution in [0.5, 0.6) is 0 Å². The number of esters is 1. The largest absolute Gasteiger partial charge is 0.466 e. The van der Waals surface area contributed by atoms with Gasteiger partial charge in [-0.2, -0.15) is 13.2 Å². The second-order valence-corrected chi connectivity index (χ2v) is 10.8. The summed E-state index contributed by atoms with van der Waals surface area (Å²) in [5.41, 5.74) is 0.404. The highest BCUT2D eigenvalue weighted by Crippen LogP contribution is 2.36. The number of benzene rings is 2. The third-order valence-corrected chi connectivity index (χ3v) is 8.07. The van der Waals surface area contributed by atoms with Gasteiger partial charge in [-0.25, -0.2) is 13.8 Å². The van der Waals surface area contributed by atoms with E-state index >= 15 is 0 Å². The third-order valence-electron chi connectivity index (χ3n) is 8.07. The number of halogens is 5. The van der Waals surface area contributed by atoms with Crippen LogP contribution in [0.15, 0.2) is 48.8 Å². The fourth-order valence-electron chi connectivity index (χ4n) is 5.81. The van der Waals surface area contributed by atoms with E-state index in [-0.39, 0.29) is 43.1 Å². The first-order chi connectivity index (χ1) is 20.5. The van der Waals surface area contributed by atoms with Crippen LogP contribution in [0.25, 0.3) is 0 Å². The Kier molecular flexibility index (Phi) is 9.00. The van der Waals surface area contributed by atoms with Crippen molar-refractivity contribution in [3.8, 4) is 0 Å². The molecular weight excluding hydrogens is 573 g/mol. The minimum atomic E-state index is -4.54. The van der Waals surface area contributed by atoms with E-state index in [0.717, 1.165) is 24.3 Å². The molecule has 3 aromatic rings. The Hall–Kier alpha value is -4.00. The predicted molar refractivity (Wildman–Crippen MR) is 148 cm³/mol. The fraction of sp³-hybridized carbons (Fsp3) is 0.433. The molecular formula is C30H32F5N5O3. The van der Waals surface area contributed by atoms with Crippen LogP contribution in [0.2, 0.25) is 0 Å². The molecule has 2 fully saturated rings. The molecule has 0 spiro atoms. The van der Waals surface area contributed by atoms with E-state index in [0.29, 0.717) is 43.7 Å². The number of piperidine rings is 1. The van der Waals surface area contributed by atoms with Gasteiger partial charge in [0, 0.05) is 56.2 Å². The number of carbonyl (C=O) groups is 2. The van der Waals surface area contributed by atoms with Gasteiger partial charge in [0.1, 0.15) is 11.6 Å². The van der Waals surface area contributed by atoms with Crippen molar-refractivity contribution >= 4 is 23.5 Å². The molecule has 2 aromatic carbocycles. The summed E-state index contributed by atoms with van der Waals surface area (Å²) in [6, 6.07) is 6.82. The smallest absolute Gasteiger partial charge is 0.416 e. The van der Waals surface area contributed by atoms with E-state index in [9.17, 15) is 31.5 Å². The van der Waals surface area contributed by atoms with Gasteiger partial charge in [0.15, 0.2) is 0 Å². The monoisotopic (exact) mass is 605 g/mol. The first kappa shape index (κ1) is 30.5. The number of carbonyl (C=O) groups excluding carboxylic acids is 2. The maximum Gasteiger partial charge on any atom is 0.416 e. The quantitative estimate of drug-likeness (QED) is 0.279. The lowest BCUT2D eigenvalue weighted by Gasteiger charge is -2.34. The summed E-state index contributed by atoms with van der Waals surface area (Å²) >= 11 is 0. The Morgan fingerprint density at radius 1 is 1.09 bits per heavy atom. The van der Waals surface area contributed by atoms with E-state index in [1.165, 1.54) is 18.3 Å². The zero-order valence-corrected chi connectivity index (χ0v) is 23.5. The Morgan fingerprint density at radius 2 is 1.86 bits per heavy atom. The van der Waals surface area contributed by atoms with Gasteiger partial charge >= 0.3 is 12.1 Å². The maximum absolute atomic E-state index is 14.5. The van der Waals surface area contributed by atoms with Gasteiger partial charge < -0.3 is 19.5 Å². The molecule has 2 N–H and O–H groups in total. The second-order valence-electron chi connectivity index (χ2n) is 10.8. The molecule has 1 aromatic heterocycles. The number of amides is 1. The van der Waals surface area contributed by atoms with Gasteiger partial charge in [-0.15, -0.1) is 0 Å². The number of imidazole rings is 1. The molecule has 0 radical (unpaired) electrons. The van der Waals surface area contributed by atoms with Crippen LogP contribution in [0.3, 0.4) is 0 Å². The van der Waals surface area contributed by atoms with Gasteiger partial charge in [-0.05, 0) is 49.1 Å². The normalized spacial score (nSPS) is 19.4. The lowest BCUT2D eigenvalue weighted by molar-refractivity contribution is -0.148. The maximum atomic E-state index is 14.5. The van der Waals surface area contributed by atoms with Crippen molar-refractivity contribution in [2.75, 3.05) is 43.0 Å². The minimum Gasteiger partial charge on any atom is -0.466 e. The Bertz CT molecular complexity index is 1470. The molecule has 2 saturated heterocycles. The van der Waals surface area contributed by atoms with Crippen LogP contribution in [-0.2, 0) is 27.0 Å². The first-order valence-electron chi connectivity index (χ1n) is 14.1. The number of alkyl halides is 3. The Morgan fingerprint density at radius 3 is 2.56 bits per heavy atom. The number of rotatable bonds is 8. The molecule has 3 heterocycles. The van der Waals surface area contributed by atoms with Crippen LogP contribution in [0.1, 0.15) is 42.4 Å². The molecule has 0 unspecified atom stereocenters.